The van der Waals surface area contributed by atoms with E-state index >= 15 is 0 Å². The fraction of sp³-hybridized carbons (Fsp3) is 0.265. The van der Waals surface area contributed by atoms with Gasteiger partial charge in [0.2, 0.25) is 0 Å². The van der Waals surface area contributed by atoms with E-state index in [2.05, 4.69) is 88.7 Å². The van der Waals surface area contributed by atoms with Crippen molar-refractivity contribution >= 4 is 40.3 Å². The summed E-state index contributed by atoms with van der Waals surface area (Å²) in [5.74, 6) is 0.130. The first kappa shape index (κ1) is 27.4. The van der Waals surface area contributed by atoms with Crippen molar-refractivity contribution in [3.63, 3.8) is 0 Å². The summed E-state index contributed by atoms with van der Waals surface area (Å²) in [5.41, 5.74) is 6.81. The van der Waals surface area contributed by atoms with Gasteiger partial charge in [-0.05, 0) is 42.9 Å². The lowest BCUT2D eigenvalue weighted by atomic mass is 10.0. The number of aromatic nitrogens is 1. The molecule has 40 heavy (non-hydrogen) atoms. The lowest BCUT2D eigenvalue weighted by molar-refractivity contribution is 0.0988. The highest BCUT2D eigenvalue weighted by Gasteiger charge is 2.17. The number of benzene rings is 3. The molecule has 0 saturated carbocycles. The van der Waals surface area contributed by atoms with Crippen LogP contribution in [0, 0.1) is 0 Å². The lowest BCUT2D eigenvalue weighted by Gasteiger charge is -2.34. The van der Waals surface area contributed by atoms with Crippen LogP contribution in [0.5, 0.6) is 0 Å². The maximum atomic E-state index is 12.3. The van der Waals surface area contributed by atoms with E-state index in [0.29, 0.717) is 12.0 Å². The number of Topliss-reactive ketones (excluding diaryl/α,β-unsaturated/α-hetero) is 1. The first-order valence-electron chi connectivity index (χ1n) is 14.0. The van der Waals surface area contributed by atoms with Gasteiger partial charge in [0.25, 0.3) is 0 Å². The molecule has 0 spiro atoms. The van der Waals surface area contributed by atoms with Gasteiger partial charge in [-0.15, -0.1) is 0 Å². The highest BCUT2D eigenvalue weighted by atomic mass is 16.1. The third kappa shape index (κ3) is 5.88. The summed E-state index contributed by atoms with van der Waals surface area (Å²) >= 11 is 0. The number of nitrogens with one attached hydrogen (secondary N) is 2. The second kappa shape index (κ2) is 11.9. The van der Waals surface area contributed by atoms with E-state index in [0.717, 1.165) is 82.5 Å². The number of hydrogen-bond donors (Lipinski definition) is 2. The Kier molecular flexibility index (Phi) is 8.19. The number of ketones is 1. The van der Waals surface area contributed by atoms with Crippen LogP contribution in [-0.4, -0.2) is 67.4 Å². The van der Waals surface area contributed by atoms with Crippen LogP contribution in [0.2, 0.25) is 0 Å². The fourth-order valence-corrected chi connectivity index (χ4v) is 5.27. The molecule has 206 valence electrons. The van der Waals surface area contributed by atoms with Crippen molar-refractivity contribution in [3.05, 3.63) is 107 Å². The molecule has 6 nitrogen and oxygen atoms in total. The smallest absolute Gasteiger partial charge is 0.162 e. The predicted octanol–water partition coefficient (Wildman–Crippen LogP) is 4.64. The number of carbonyl (C=O) groups excluding carboxylic acids is 1. The Morgan fingerprint density at radius 2 is 1.68 bits per heavy atom. The number of anilines is 2. The SMILES string of the molecule is C=C(CN1CCN(C)CC1)N(C)c1ccc(N/C(c2ccccc2)=c2\c(=C)[nH]c3cc(C(=O)CC)ccc23)cc1. The van der Waals surface area contributed by atoms with Gasteiger partial charge in [-0.1, -0.05) is 62.5 Å². The zero-order valence-corrected chi connectivity index (χ0v) is 23.8. The second-order valence-corrected chi connectivity index (χ2v) is 10.6. The number of carbonyl (C=O) groups is 1. The van der Waals surface area contributed by atoms with Crippen molar-refractivity contribution in [3.8, 4) is 0 Å². The molecule has 0 aliphatic carbocycles. The number of aromatic amines is 1. The van der Waals surface area contributed by atoms with Crippen molar-refractivity contribution in [2.24, 2.45) is 0 Å². The Labute approximate surface area is 236 Å². The van der Waals surface area contributed by atoms with Crippen LogP contribution in [0.1, 0.15) is 29.3 Å². The van der Waals surface area contributed by atoms with Crippen LogP contribution in [0.15, 0.2) is 85.1 Å². The number of H-pyrrole nitrogens is 1. The molecule has 0 unspecified atom stereocenters. The molecule has 1 aromatic heterocycles. The van der Waals surface area contributed by atoms with Gasteiger partial charge >= 0.3 is 0 Å². The molecule has 0 radical (unpaired) electrons. The number of likely N-dealkylation sites (N-methyl/N-ethyl adjacent to an activating group) is 2. The molecule has 1 aliphatic heterocycles. The van der Waals surface area contributed by atoms with Gasteiger partial charge in [0.05, 0.1) is 5.70 Å². The molecule has 0 bridgehead atoms. The number of rotatable bonds is 9. The quantitative estimate of drug-likeness (QED) is 0.307. The Morgan fingerprint density at radius 3 is 2.35 bits per heavy atom. The highest BCUT2D eigenvalue weighted by molar-refractivity contribution is 6.00. The summed E-state index contributed by atoms with van der Waals surface area (Å²) in [6.07, 6.45) is 0.480. The Morgan fingerprint density at radius 1 is 0.975 bits per heavy atom. The Bertz CT molecular complexity index is 1610. The van der Waals surface area contributed by atoms with E-state index in [4.69, 9.17) is 0 Å². The average Bonchev–Trinajstić information content (AvgIpc) is 3.31. The number of piperazine rings is 1. The summed E-state index contributed by atoms with van der Waals surface area (Å²) in [6.45, 7) is 15.8. The van der Waals surface area contributed by atoms with E-state index < -0.39 is 0 Å². The third-order valence-corrected chi connectivity index (χ3v) is 7.83. The van der Waals surface area contributed by atoms with Crippen LogP contribution in [-0.2, 0) is 0 Å². The molecule has 0 amide bonds. The molecule has 1 saturated heterocycles. The molecule has 6 heteroatoms. The molecule has 5 rings (SSSR count). The Balaban J connectivity index is 1.44. The summed E-state index contributed by atoms with van der Waals surface area (Å²) in [6, 6.07) is 24.6. The number of nitrogens with zero attached hydrogens (tertiary/aromatic N) is 3. The topological polar surface area (TPSA) is 54.6 Å². The van der Waals surface area contributed by atoms with Gasteiger partial charge in [-0.2, -0.15) is 0 Å². The van der Waals surface area contributed by atoms with Gasteiger partial charge in [-0.3, -0.25) is 9.69 Å². The highest BCUT2D eigenvalue weighted by Crippen LogP contribution is 2.23. The maximum Gasteiger partial charge on any atom is 0.162 e. The van der Waals surface area contributed by atoms with Crippen molar-refractivity contribution in [1.82, 2.24) is 14.8 Å². The molecular weight excluding hydrogens is 494 g/mol. The van der Waals surface area contributed by atoms with Crippen molar-refractivity contribution < 1.29 is 4.79 Å². The van der Waals surface area contributed by atoms with Gasteiger partial charge in [0.15, 0.2) is 5.78 Å². The monoisotopic (exact) mass is 533 g/mol. The van der Waals surface area contributed by atoms with Gasteiger partial charge in [0.1, 0.15) is 0 Å². The third-order valence-electron chi connectivity index (χ3n) is 7.83. The minimum absolute atomic E-state index is 0.130. The largest absolute Gasteiger partial charge is 0.355 e. The molecule has 1 fully saturated rings. The van der Waals surface area contributed by atoms with E-state index in [1.807, 2.05) is 43.3 Å². The zero-order chi connectivity index (χ0) is 28.2. The first-order valence-corrected chi connectivity index (χ1v) is 14.0. The minimum atomic E-state index is 0.130. The van der Waals surface area contributed by atoms with Crippen LogP contribution >= 0.6 is 0 Å². The van der Waals surface area contributed by atoms with Gasteiger partial charge in [0, 0.05) is 90.3 Å². The summed E-state index contributed by atoms with van der Waals surface area (Å²) in [5, 5.41) is 6.51. The Hall–Kier alpha value is -4.13. The van der Waals surface area contributed by atoms with E-state index in [9.17, 15) is 4.79 Å². The molecule has 2 N–H and O–H groups in total. The molecule has 3 aromatic carbocycles. The van der Waals surface area contributed by atoms with Crippen molar-refractivity contribution in [1.29, 1.82) is 0 Å². The second-order valence-electron chi connectivity index (χ2n) is 10.6. The van der Waals surface area contributed by atoms with Crippen LogP contribution < -0.4 is 20.8 Å². The van der Waals surface area contributed by atoms with Crippen LogP contribution in [0.3, 0.4) is 0 Å². The van der Waals surface area contributed by atoms with E-state index in [-0.39, 0.29) is 5.78 Å². The summed E-state index contributed by atoms with van der Waals surface area (Å²) in [4.78, 5) is 22.7. The molecule has 0 atom stereocenters. The maximum absolute atomic E-state index is 12.3. The first-order chi connectivity index (χ1) is 19.3. The molecule has 4 aromatic rings. The molecule has 1 aliphatic rings. The zero-order valence-electron chi connectivity index (χ0n) is 23.8. The standard InChI is InChI=1S/C34H39N5O/c1-6-32(40)27-12-17-30-31(22-27)35-25(3)33(30)34(26-10-8-7-9-11-26)36-28-13-15-29(16-14-28)38(5)24(2)23-39-20-18-37(4)19-21-39/h7-17,22,35-36H,2-3,6,18-21,23H2,1,4-5H3/b34-33+. The average molecular weight is 534 g/mol. The summed E-state index contributed by atoms with van der Waals surface area (Å²) < 4.78 is 0. The van der Waals surface area contributed by atoms with Crippen molar-refractivity contribution in [2.75, 3.05) is 57.0 Å². The molecular formula is C34H39N5O. The minimum Gasteiger partial charge on any atom is -0.355 e. The lowest BCUT2D eigenvalue weighted by Crippen LogP contribution is -2.46. The van der Waals surface area contributed by atoms with Gasteiger partial charge in [-0.25, -0.2) is 0 Å². The number of fused-ring (bicyclic) bond motifs is 1. The van der Waals surface area contributed by atoms with Crippen LogP contribution in [0.25, 0.3) is 23.2 Å². The van der Waals surface area contributed by atoms with Gasteiger partial charge < -0.3 is 20.1 Å². The van der Waals surface area contributed by atoms with E-state index in [1.54, 1.807) is 0 Å². The predicted molar refractivity (Wildman–Crippen MR) is 168 cm³/mol. The van der Waals surface area contributed by atoms with Crippen LogP contribution in [0.4, 0.5) is 11.4 Å². The fourth-order valence-electron chi connectivity index (χ4n) is 5.27. The molecule has 2 heterocycles. The number of hydrogen-bond acceptors (Lipinski definition) is 5. The van der Waals surface area contributed by atoms with E-state index in [1.165, 1.54) is 0 Å². The summed E-state index contributed by atoms with van der Waals surface area (Å²) in [7, 11) is 4.26. The van der Waals surface area contributed by atoms with Crippen molar-refractivity contribution in [2.45, 2.75) is 13.3 Å². The normalized spacial score (nSPS) is 15.2.